The maximum atomic E-state index is 15.6. The van der Waals surface area contributed by atoms with E-state index in [0.29, 0.717) is 44.9 Å². The van der Waals surface area contributed by atoms with E-state index in [4.69, 9.17) is 76.5 Å². The number of phenols is 2. The van der Waals surface area contributed by atoms with Crippen LogP contribution in [0.3, 0.4) is 0 Å². The van der Waals surface area contributed by atoms with Gasteiger partial charge in [0.1, 0.15) is 107 Å². The molecule has 9 aliphatic rings. The first-order valence-corrected chi connectivity index (χ1v) is 43.6. The molecule has 2 amide bonds. The lowest BCUT2D eigenvalue weighted by molar-refractivity contribution is -0.332. The number of piperidine rings is 1. The van der Waals surface area contributed by atoms with E-state index in [-0.39, 0.29) is 111 Å². The van der Waals surface area contributed by atoms with Crippen molar-refractivity contribution in [3.8, 4) is 17.2 Å². The van der Waals surface area contributed by atoms with Crippen LogP contribution in [0.1, 0.15) is 147 Å². The maximum absolute atomic E-state index is 15.6. The monoisotopic (exact) mass is 1820 g/mol. The number of methoxy groups -OCH3 is 1. The van der Waals surface area contributed by atoms with E-state index in [0.717, 1.165) is 25.6 Å². The number of Topliss-reactive ketones (excluding diaryl/α,β-unsaturated/α-hetero) is 1. The smallest absolute Gasteiger partial charge is 0.341 e. The highest BCUT2D eigenvalue weighted by molar-refractivity contribution is 6.19. The largest absolute Gasteiger partial charge is 0.507 e. The summed E-state index contributed by atoms with van der Waals surface area (Å²) in [4.78, 5) is 92.0. The number of aromatic nitrogens is 1. The van der Waals surface area contributed by atoms with Crippen LogP contribution in [0.4, 0.5) is 25.8 Å². The highest BCUT2D eigenvalue weighted by atomic mass is 19.1. The van der Waals surface area contributed by atoms with E-state index >= 15 is 8.78 Å². The van der Waals surface area contributed by atoms with E-state index < -0.39 is 233 Å². The van der Waals surface area contributed by atoms with Gasteiger partial charge in [0.15, 0.2) is 35.6 Å². The number of amides is 2. The van der Waals surface area contributed by atoms with Crippen LogP contribution in [0.5, 0.6) is 17.2 Å². The molecule has 3 aromatic carbocycles. The number of aromatic hydroxyl groups is 2. The highest BCUT2D eigenvalue weighted by Gasteiger charge is 2.55. The van der Waals surface area contributed by atoms with Crippen molar-refractivity contribution in [2.45, 2.75) is 273 Å². The number of carbonyl (C=O) groups is 5. The molecular weight excluding hydrogens is 1700 g/mol. The third kappa shape index (κ3) is 20.8. The quantitative estimate of drug-likeness (QED) is 0.0322. The Morgan fingerprint density at radius 2 is 1.40 bits per heavy atom. The van der Waals surface area contributed by atoms with Crippen molar-refractivity contribution >= 4 is 68.3 Å². The number of nitrogens with one attached hydrogen (secondary N) is 3. The maximum Gasteiger partial charge on any atom is 0.341 e. The van der Waals surface area contributed by atoms with Gasteiger partial charge in [0, 0.05) is 144 Å². The SMILES string of the molecule is CO[C@H]1/C=C\O[C@@]2(C)Oc3c(C)c(O)c4c(O)c(c5c(c4c3C2=O)=NC2(CCN(CC(C)C)CC2)N=5)NC(=O)/C(C)=C/C=C\[C@H](C)[C@H](O)[C@@H](C)[C@@H](O)[C@H](C)[C@@H](OC(C)=O)[C@@H]1C.C[C@@H]1CN(c2c(F)c(N)c3c(=O)c(C(=O)O)cn(C4CC4)c3c2F)C[C@H](C)N1.NCC[C@H](O)C(=O)N[C@@H]1C[C@H](N)[C@@H](O[C@H]2O[C@H](CN)[C@@H](O)[C@H](O)[C@H]2O)[C@H](O)[C@H]1O[C@H]1O[C@H](CO)[C@@H](O)[C@H](N)[C@H]1O. The van der Waals surface area contributed by atoms with Crippen molar-refractivity contribution in [2.24, 2.45) is 62.5 Å². The molecule has 26 N–H and O–H groups in total. The van der Waals surface area contributed by atoms with Crippen LogP contribution < -0.4 is 70.4 Å². The van der Waals surface area contributed by atoms with Crippen LogP contribution in [-0.4, -0.2) is 311 Å². The van der Waals surface area contributed by atoms with Crippen molar-refractivity contribution < 1.29 is 137 Å². The summed E-state index contributed by atoms with van der Waals surface area (Å²) >= 11 is 0. The van der Waals surface area contributed by atoms with Gasteiger partial charge in [-0.15, -0.1) is 0 Å². The number of esters is 1. The summed E-state index contributed by atoms with van der Waals surface area (Å²) < 4.78 is 78.7. The number of allylic oxidation sites excluding steroid dienone is 2. The standard InChI is InChI=1S/C46H62N4O11.C22H43N5O13.C19H22F2N4O3/c1-22(2)21-50-18-16-46(17-19-50)48-34-31-32-39(54)28(8)42-33(31)43(56)45(10,61-42)59-20-15-30(58-11)25(5)41(60-29(9)51)27(7)38(53)26(6)37(52)23(3)13-12-14-24(4)44(57)47-36(40(32)55)35(34)49-46;23-2-1-8(29)20(36)27-7-3-6(25)18(39-22-16(34)15(33)13(31)9(4-24)37-22)17(35)19(7)40-21-14(32)11(26)12(30)10(5-28)38-21;1-8-5-24(6-9(2)23-8)17-13(20)15(22)12-16(14(17)21)25(10-3-4-10)7-11(18(12)26)19(27)28/h12-15,20,22-23,25-27,30,37-38,41,52-55H,16-19,21H2,1-11H3,(H,47,57);6-19,21-22,28-35H,1-5,23-26H2,(H,27,36);7-10,23H,3-6,22H2,1-2H3,(H,27,28)/b13-12-,20-15-,24-14+;;/t23-,25+,26+,27-,30-,37-,38+,41-,45-;6-,7+,8-,9+,10+,11-,12+,13+,14+,15-,16+,17-,18+,19-,21+,22+;8-,9+/m00./s1. The van der Waals surface area contributed by atoms with Gasteiger partial charge in [-0.3, -0.25) is 34.0 Å². The summed E-state index contributed by atoms with van der Waals surface area (Å²) in [6.45, 7) is 23.2. The predicted molar refractivity (Wildman–Crippen MR) is 461 cm³/mol. The Balaban J connectivity index is 0.000000203. The van der Waals surface area contributed by atoms with E-state index in [2.05, 4.69) is 34.7 Å². The first-order chi connectivity index (χ1) is 60.7. The van der Waals surface area contributed by atoms with Crippen molar-refractivity contribution in [1.29, 1.82) is 0 Å². The lowest BCUT2D eigenvalue weighted by Gasteiger charge is -2.49. The van der Waals surface area contributed by atoms with Gasteiger partial charge in [-0.25, -0.2) is 13.6 Å². The molecule has 129 heavy (non-hydrogen) atoms. The third-order valence-corrected chi connectivity index (χ3v) is 25.8. The van der Waals surface area contributed by atoms with Crippen LogP contribution in [0.15, 0.2) is 57.1 Å². The Kier molecular flexibility index (Phi) is 32.2. The second-order valence-electron chi connectivity index (χ2n) is 36.1. The molecule has 1 spiro atoms. The first kappa shape index (κ1) is 101. The van der Waals surface area contributed by atoms with Gasteiger partial charge in [0.05, 0.1) is 76.2 Å². The van der Waals surface area contributed by atoms with Gasteiger partial charge in [-0.05, 0) is 71.9 Å². The number of aromatic carboxylic acids is 1. The lowest BCUT2D eigenvalue weighted by Crippen LogP contribution is -2.69. The lowest BCUT2D eigenvalue weighted by atomic mass is 9.78. The molecular formula is C87H127F2N13O27. The van der Waals surface area contributed by atoms with Crippen LogP contribution >= 0.6 is 0 Å². The molecule has 1 aromatic heterocycles. The van der Waals surface area contributed by atoms with Crippen molar-refractivity contribution in [2.75, 3.05) is 75.5 Å². The molecule has 2 saturated carbocycles. The summed E-state index contributed by atoms with van der Waals surface area (Å²) in [5.41, 5.74) is 26.0. The summed E-state index contributed by atoms with van der Waals surface area (Å²) in [7, 11) is 1.47. The van der Waals surface area contributed by atoms with Crippen LogP contribution in [0.2, 0.25) is 0 Å². The molecule has 7 aliphatic heterocycles. The average molecular weight is 1830 g/mol. The Morgan fingerprint density at radius 3 is 1.99 bits per heavy atom. The normalized spacial score (nSPS) is 34.9. The molecule has 716 valence electrons. The molecule has 8 heterocycles. The first-order valence-electron chi connectivity index (χ1n) is 43.6. The number of halogens is 2. The molecule has 4 aromatic rings. The van der Waals surface area contributed by atoms with Gasteiger partial charge in [0.25, 0.3) is 11.7 Å². The number of anilines is 3. The number of aliphatic hydroxyl groups excluding tert-OH is 10. The number of hydrogen-bond acceptors (Lipinski definition) is 36. The predicted octanol–water partition coefficient (Wildman–Crippen LogP) is -1.59. The number of ether oxygens (including phenoxy) is 8. The number of rotatable bonds is 17. The molecule has 13 rings (SSSR count). The number of benzene rings is 3. The second-order valence-corrected chi connectivity index (χ2v) is 36.1. The van der Waals surface area contributed by atoms with Gasteiger partial charge >= 0.3 is 17.7 Å². The van der Waals surface area contributed by atoms with E-state index in [9.17, 15) is 95.2 Å². The number of likely N-dealkylation sites (tertiary alicyclic amines) is 1. The Hall–Kier alpha value is -8.68. The van der Waals surface area contributed by atoms with E-state index in [1.165, 1.54) is 31.8 Å². The Morgan fingerprint density at radius 1 is 0.767 bits per heavy atom. The fourth-order valence-corrected chi connectivity index (χ4v) is 18.4. The number of carboxylic acids is 1. The summed E-state index contributed by atoms with van der Waals surface area (Å²) in [6, 6.07) is -3.56. The zero-order valence-corrected chi connectivity index (χ0v) is 74.4. The molecule has 42 heteroatoms. The molecule has 0 radical (unpaired) electrons. The van der Waals surface area contributed by atoms with Crippen LogP contribution in [0, 0.1) is 48.1 Å². The summed E-state index contributed by atoms with van der Waals surface area (Å²) in [5, 5.41) is 147. The number of nitrogens with zero attached hydrogens (tertiary/aromatic N) is 5. The number of hydrogen-bond donors (Lipinski definition) is 21. The third-order valence-electron chi connectivity index (χ3n) is 25.8. The average Bonchev–Trinajstić information content (AvgIpc) is 1.55. The number of phenolic OH excluding ortho intramolecular Hbond substituents is 2. The minimum Gasteiger partial charge on any atom is -0.507 e. The number of ketones is 1. The number of nitrogen functional groups attached to an aromatic ring is 1. The van der Waals surface area contributed by atoms with Crippen molar-refractivity contribution in [3.05, 3.63) is 91.6 Å². The van der Waals surface area contributed by atoms with Crippen molar-refractivity contribution in [1.82, 2.24) is 20.1 Å². The Bertz CT molecular complexity index is 5060. The summed E-state index contributed by atoms with van der Waals surface area (Å²) in [5.74, 6) is -10.6. The second kappa shape index (κ2) is 41.2. The number of carbonyl (C=O) groups excluding carboxylic acids is 4. The topological polar surface area (TPSA) is 642 Å². The fourth-order valence-electron chi connectivity index (χ4n) is 18.4. The number of nitrogens with two attached hydrogens (primary N) is 5. The van der Waals surface area contributed by atoms with Gasteiger partial charge in [-0.2, -0.15) is 0 Å². The molecule has 2 aliphatic carbocycles. The van der Waals surface area contributed by atoms with Gasteiger partial charge < -0.3 is 163 Å². The molecule has 27 atom stereocenters. The number of fused-ring (bicyclic) bond motifs is 2. The van der Waals surface area contributed by atoms with E-state index in [1.807, 2.05) is 13.8 Å². The van der Waals surface area contributed by atoms with Gasteiger partial charge in [0.2, 0.25) is 11.3 Å². The molecule has 40 nitrogen and oxygen atoms in total. The van der Waals surface area contributed by atoms with Crippen LogP contribution in [-0.2, 0) is 47.5 Å². The molecule has 4 saturated heterocycles. The minimum absolute atomic E-state index is 0.0101. The highest BCUT2D eigenvalue weighted by Crippen LogP contribution is 2.51. The molecule has 4 bridgehead atoms. The number of piperazine rings is 1. The van der Waals surface area contributed by atoms with E-state index in [1.54, 1.807) is 70.7 Å². The zero-order valence-electron chi connectivity index (χ0n) is 74.4. The number of carboxylic acid groups (broad SMARTS) is 1. The number of aliphatic hydroxyl groups is 10. The zero-order chi connectivity index (χ0) is 95.1. The Labute approximate surface area is 742 Å². The molecule has 0 unspecified atom stereocenters. The summed E-state index contributed by atoms with van der Waals surface area (Å²) in [6.07, 6.45) is -12.2. The van der Waals surface area contributed by atoms with Gasteiger partial charge in [-0.1, -0.05) is 59.8 Å². The molecule has 6 fully saturated rings. The van der Waals surface area contributed by atoms with Crippen LogP contribution in [0.25, 0.3) is 21.7 Å². The number of pyridine rings is 1. The fraction of sp³-hybridized carbons (Fsp3) is 0.655. The minimum atomic E-state index is -1.96. The van der Waals surface area contributed by atoms with Crippen molar-refractivity contribution in [3.63, 3.8) is 0 Å².